The first-order valence-corrected chi connectivity index (χ1v) is 7.34. The number of nitrogens with one attached hydrogen (secondary N) is 1. The Hall–Kier alpha value is -1.75. The van der Waals surface area contributed by atoms with Crippen LogP contribution in [0.25, 0.3) is 0 Å². The van der Waals surface area contributed by atoms with Crippen LogP contribution >= 0.6 is 11.6 Å². The van der Waals surface area contributed by atoms with Gasteiger partial charge in [-0.2, -0.15) is 0 Å². The predicted molar refractivity (Wildman–Crippen MR) is 80.3 cm³/mol. The number of carbonyl (C=O) groups is 2. The summed E-state index contributed by atoms with van der Waals surface area (Å²) in [5.74, 6) is -0.955. The van der Waals surface area contributed by atoms with Gasteiger partial charge in [-0.05, 0) is 43.9 Å². The molecule has 1 aliphatic rings. The molecular formula is C15H19ClN2O3. The van der Waals surface area contributed by atoms with Crippen molar-refractivity contribution in [1.82, 2.24) is 10.2 Å². The first kappa shape index (κ1) is 15.6. The van der Waals surface area contributed by atoms with E-state index in [0.29, 0.717) is 24.5 Å². The van der Waals surface area contributed by atoms with E-state index in [1.807, 2.05) is 12.1 Å². The van der Waals surface area contributed by atoms with Crippen LogP contribution in [-0.4, -0.2) is 34.1 Å². The Kier molecular flexibility index (Phi) is 4.73. The van der Waals surface area contributed by atoms with E-state index in [0.717, 1.165) is 18.4 Å². The number of hydrogen-bond donors (Lipinski definition) is 2. The standard InChI is InChI=1S/C15H19ClN2O3/c1-15(13(19)20)8-2-3-9-18(15)14(21)17-10-11-4-6-12(16)7-5-11/h4-7H,2-3,8-10H2,1H3,(H,17,21)(H,19,20). The summed E-state index contributed by atoms with van der Waals surface area (Å²) < 4.78 is 0. The Balaban J connectivity index is 2.01. The average Bonchev–Trinajstić information content (AvgIpc) is 2.46. The molecule has 2 amide bonds. The molecule has 0 aliphatic carbocycles. The Morgan fingerprint density at radius 2 is 2.00 bits per heavy atom. The summed E-state index contributed by atoms with van der Waals surface area (Å²) in [5, 5.41) is 12.8. The Labute approximate surface area is 128 Å². The van der Waals surface area contributed by atoms with Gasteiger partial charge in [0, 0.05) is 18.1 Å². The first-order chi connectivity index (χ1) is 9.93. The van der Waals surface area contributed by atoms with Gasteiger partial charge in [0.15, 0.2) is 0 Å². The number of amides is 2. The molecule has 0 radical (unpaired) electrons. The highest BCUT2D eigenvalue weighted by Gasteiger charge is 2.43. The van der Waals surface area contributed by atoms with Crippen LogP contribution < -0.4 is 5.32 Å². The van der Waals surface area contributed by atoms with Crippen LogP contribution in [-0.2, 0) is 11.3 Å². The topological polar surface area (TPSA) is 69.6 Å². The van der Waals surface area contributed by atoms with Gasteiger partial charge < -0.3 is 15.3 Å². The van der Waals surface area contributed by atoms with E-state index in [-0.39, 0.29) is 6.03 Å². The number of aliphatic carboxylic acids is 1. The summed E-state index contributed by atoms with van der Waals surface area (Å²) in [6, 6.07) is 6.83. The number of carbonyl (C=O) groups excluding carboxylic acids is 1. The zero-order valence-corrected chi connectivity index (χ0v) is 12.7. The van der Waals surface area contributed by atoms with Gasteiger partial charge in [0.25, 0.3) is 0 Å². The van der Waals surface area contributed by atoms with Gasteiger partial charge in [-0.15, -0.1) is 0 Å². The van der Waals surface area contributed by atoms with E-state index in [1.54, 1.807) is 19.1 Å². The van der Waals surface area contributed by atoms with Crippen molar-refractivity contribution in [3.8, 4) is 0 Å². The quantitative estimate of drug-likeness (QED) is 0.902. The van der Waals surface area contributed by atoms with Crippen molar-refractivity contribution < 1.29 is 14.7 Å². The number of hydrogen-bond acceptors (Lipinski definition) is 2. The van der Waals surface area contributed by atoms with Crippen molar-refractivity contribution in [2.75, 3.05) is 6.54 Å². The second-order valence-corrected chi connectivity index (χ2v) is 5.91. The van der Waals surface area contributed by atoms with Crippen molar-refractivity contribution in [3.05, 3.63) is 34.9 Å². The molecule has 1 aromatic carbocycles. The number of nitrogens with zero attached hydrogens (tertiary/aromatic N) is 1. The van der Waals surface area contributed by atoms with E-state index in [4.69, 9.17) is 11.6 Å². The number of likely N-dealkylation sites (tertiary alicyclic amines) is 1. The first-order valence-electron chi connectivity index (χ1n) is 6.97. The number of carboxylic acid groups (broad SMARTS) is 1. The fourth-order valence-corrected chi connectivity index (χ4v) is 2.67. The molecule has 5 nitrogen and oxygen atoms in total. The van der Waals surface area contributed by atoms with E-state index in [2.05, 4.69) is 5.32 Å². The highest BCUT2D eigenvalue weighted by Crippen LogP contribution is 2.28. The molecule has 1 aliphatic heterocycles. The minimum atomic E-state index is -1.12. The fraction of sp³-hybridized carbons (Fsp3) is 0.467. The Morgan fingerprint density at radius 3 is 2.62 bits per heavy atom. The van der Waals surface area contributed by atoms with Crippen LogP contribution in [0.5, 0.6) is 0 Å². The van der Waals surface area contributed by atoms with Crippen LogP contribution in [0, 0.1) is 0 Å². The molecule has 1 atom stereocenters. The Bertz CT molecular complexity index is 532. The van der Waals surface area contributed by atoms with Gasteiger partial charge in [-0.1, -0.05) is 23.7 Å². The number of urea groups is 1. The number of rotatable bonds is 3. The SMILES string of the molecule is CC1(C(=O)O)CCCCN1C(=O)NCc1ccc(Cl)cc1. The molecule has 6 heteroatoms. The second-order valence-electron chi connectivity index (χ2n) is 5.47. The molecule has 0 bridgehead atoms. The molecule has 1 unspecified atom stereocenters. The average molecular weight is 311 g/mol. The summed E-state index contributed by atoms with van der Waals surface area (Å²) in [7, 11) is 0. The molecule has 0 aromatic heterocycles. The van der Waals surface area contributed by atoms with E-state index in [9.17, 15) is 14.7 Å². The third-order valence-corrected chi connectivity index (χ3v) is 4.21. The van der Waals surface area contributed by atoms with Crippen molar-refractivity contribution in [2.24, 2.45) is 0 Å². The maximum atomic E-state index is 12.3. The highest BCUT2D eigenvalue weighted by atomic mass is 35.5. The van der Waals surface area contributed by atoms with Gasteiger partial charge >= 0.3 is 12.0 Å². The summed E-state index contributed by atoms with van der Waals surface area (Å²) in [4.78, 5) is 25.2. The van der Waals surface area contributed by atoms with Gasteiger partial charge in [0.2, 0.25) is 0 Å². The lowest BCUT2D eigenvalue weighted by molar-refractivity contribution is -0.150. The van der Waals surface area contributed by atoms with Crippen LogP contribution in [0.4, 0.5) is 4.79 Å². The maximum Gasteiger partial charge on any atom is 0.329 e. The minimum Gasteiger partial charge on any atom is -0.480 e. The largest absolute Gasteiger partial charge is 0.480 e. The normalized spacial score (nSPS) is 21.9. The number of carboxylic acids is 1. The molecule has 1 heterocycles. The van der Waals surface area contributed by atoms with Gasteiger partial charge in [-0.3, -0.25) is 0 Å². The summed E-state index contributed by atoms with van der Waals surface area (Å²) in [6.45, 7) is 2.42. The van der Waals surface area contributed by atoms with Crippen molar-refractivity contribution in [3.63, 3.8) is 0 Å². The van der Waals surface area contributed by atoms with Gasteiger partial charge in [-0.25, -0.2) is 9.59 Å². The van der Waals surface area contributed by atoms with Crippen molar-refractivity contribution in [2.45, 2.75) is 38.3 Å². The molecular weight excluding hydrogens is 292 g/mol. The zero-order chi connectivity index (χ0) is 15.5. The molecule has 0 spiro atoms. The third kappa shape index (κ3) is 3.47. The molecule has 0 saturated carbocycles. The summed E-state index contributed by atoms with van der Waals surface area (Å²) in [6.07, 6.45) is 2.14. The number of benzene rings is 1. The molecule has 2 rings (SSSR count). The molecule has 2 N–H and O–H groups in total. The lowest BCUT2D eigenvalue weighted by Crippen LogP contribution is -2.59. The maximum absolute atomic E-state index is 12.3. The predicted octanol–water partition coefficient (Wildman–Crippen LogP) is 2.88. The molecule has 21 heavy (non-hydrogen) atoms. The third-order valence-electron chi connectivity index (χ3n) is 3.95. The molecule has 114 valence electrons. The lowest BCUT2D eigenvalue weighted by atomic mass is 9.89. The Morgan fingerprint density at radius 1 is 1.33 bits per heavy atom. The fourth-order valence-electron chi connectivity index (χ4n) is 2.54. The van der Waals surface area contributed by atoms with Crippen LogP contribution in [0.3, 0.4) is 0 Å². The molecule has 1 aromatic rings. The van der Waals surface area contributed by atoms with E-state index in [1.165, 1.54) is 4.90 Å². The van der Waals surface area contributed by atoms with E-state index < -0.39 is 11.5 Å². The van der Waals surface area contributed by atoms with Crippen molar-refractivity contribution in [1.29, 1.82) is 0 Å². The number of halogens is 1. The highest BCUT2D eigenvalue weighted by molar-refractivity contribution is 6.30. The van der Waals surface area contributed by atoms with Crippen LogP contribution in [0.1, 0.15) is 31.7 Å². The zero-order valence-electron chi connectivity index (χ0n) is 11.9. The minimum absolute atomic E-state index is 0.338. The summed E-state index contributed by atoms with van der Waals surface area (Å²) in [5.41, 5.74) is -0.204. The monoisotopic (exact) mass is 310 g/mol. The molecule has 1 fully saturated rings. The molecule has 1 saturated heterocycles. The van der Waals surface area contributed by atoms with Gasteiger partial charge in [0.05, 0.1) is 0 Å². The van der Waals surface area contributed by atoms with Crippen LogP contribution in [0.2, 0.25) is 5.02 Å². The van der Waals surface area contributed by atoms with Crippen molar-refractivity contribution >= 4 is 23.6 Å². The second kappa shape index (κ2) is 6.35. The summed E-state index contributed by atoms with van der Waals surface area (Å²) >= 11 is 5.81. The smallest absolute Gasteiger partial charge is 0.329 e. The van der Waals surface area contributed by atoms with Gasteiger partial charge in [0.1, 0.15) is 5.54 Å². The number of piperidine rings is 1. The lowest BCUT2D eigenvalue weighted by Gasteiger charge is -2.41. The van der Waals surface area contributed by atoms with Crippen LogP contribution in [0.15, 0.2) is 24.3 Å². The van der Waals surface area contributed by atoms with E-state index >= 15 is 0 Å².